The van der Waals surface area contributed by atoms with Crippen molar-refractivity contribution in [3.05, 3.63) is 11.3 Å². The summed E-state index contributed by atoms with van der Waals surface area (Å²) in [6.07, 6.45) is 5.10. The summed E-state index contributed by atoms with van der Waals surface area (Å²) in [7, 11) is -2.02. The molecule has 0 unspecified atom stereocenters. The van der Waals surface area contributed by atoms with Crippen LogP contribution in [0.4, 0.5) is 0 Å². The summed E-state index contributed by atoms with van der Waals surface area (Å²) < 4.78 is 26.5. The van der Waals surface area contributed by atoms with Crippen molar-refractivity contribution in [1.82, 2.24) is 14.5 Å². The predicted molar refractivity (Wildman–Crippen MR) is 71.1 cm³/mol. The van der Waals surface area contributed by atoms with Gasteiger partial charge >= 0.3 is 0 Å². The fourth-order valence-electron chi connectivity index (χ4n) is 2.61. The van der Waals surface area contributed by atoms with E-state index in [9.17, 15) is 13.5 Å². The highest BCUT2D eigenvalue weighted by Gasteiger charge is 2.33. The van der Waals surface area contributed by atoms with E-state index in [4.69, 9.17) is 0 Å². The van der Waals surface area contributed by atoms with Crippen molar-refractivity contribution in [2.45, 2.75) is 56.7 Å². The zero-order chi connectivity index (χ0) is 14.0. The molecule has 1 heterocycles. The monoisotopic (exact) mass is 287 g/mol. The van der Waals surface area contributed by atoms with Crippen LogP contribution in [0.5, 0.6) is 0 Å². The van der Waals surface area contributed by atoms with Crippen LogP contribution in [-0.2, 0) is 16.6 Å². The zero-order valence-electron chi connectivity index (χ0n) is 11.4. The van der Waals surface area contributed by atoms with Gasteiger partial charge in [-0.25, -0.2) is 8.42 Å². The summed E-state index contributed by atoms with van der Waals surface area (Å²) in [6.45, 7) is 1.38. The van der Waals surface area contributed by atoms with Gasteiger partial charge in [-0.2, -0.15) is 9.40 Å². The molecule has 1 aliphatic rings. The van der Waals surface area contributed by atoms with Gasteiger partial charge in [0.05, 0.1) is 6.61 Å². The summed E-state index contributed by atoms with van der Waals surface area (Å²) in [4.78, 5) is 0. The van der Waals surface area contributed by atoms with Crippen LogP contribution in [0.1, 0.15) is 43.4 Å². The van der Waals surface area contributed by atoms with E-state index < -0.39 is 10.0 Å². The van der Waals surface area contributed by atoms with Crippen LogP contribution in [0.25, 0.3) is 0 Å². The molecule has 0 aliphatic heterocycles. The Hall–Kier alpha value is -0.920. The molecule has 6 nitrogen and oxygen atoms in total. The van der Waals surface area contributed by atoms with E-state index in [1.54, 1.807) is 14.0 Å². The molecular weight excluding hydrogens is 266 g/mol. The van der Waals surface area contributed by atoms with Crippen molar-refractivity contribution in [1.29, 1.82) is 0 Å². The maximum atomic E-state index is 12.6. The second-order valence-electron chi connectivity index (χ2n) is 5.10. The predicted octanol–water partition coefficient (Wildman–Crippen LogP) is 1.16. The van der Waals surface area contributed by atoms with E-state index >= 15 is 0 Å². The molecule has 7 heteroatoms. The lowest BCUT2D eigenvalue weighted by molar-refractivity contribution is 0.272. The van der Waals surface area contributed by atoms with Gasteiger partial charge in [-0.3, -0.25) is 5.10 Å². The van der Waals surface area contributed by atoms with Gasteiger partial charge in [-0.05, 0) is 19.8 Å². The minimum atomic E-state index is -3.63. The van der Waals surface area contributed by atoms with Gasteiger partial charge in [-0.1, -0.05) is 19.3 Å². The molecule has 0 bridgehead atoms. The zero-order valence-corrected chi connectivity index (χ0v) is 12.2. The number of aryl methyl sites for hydroxylation is 1. The summed E-state index contributed by atoms with van der Waals surface area (Å²) >= 11 is 0. The van der Waals surface area contributed by atoms with Crippen molar-refractivity contribution >= 4 is 10.0 Å². The summed E-state index contributed by atoms with van der Waals surface area (Å²) in [5.74, 6) is 0. The number of hydrogen-bond donors (Lipinski definition) is 2. The molecule has 1 aromatic rings. The fourth-order valence-corrected chi connectivity index (χ4v) is 4.17. The number of aliphatic hydroxyl groups excluding tert-OH is 1. The van der Waals surface area contributed by atoms with Crippen LogP contribution >= 0.6 is 0 Å². The standard InChI is InChI=1S/C12H21N3O3S/c1-9-11(8-16)12(14-13-9)19(17,18)15(2)10-6-4-3-5-7-10/h10,16H,3-8H2,1-2H3,(H,13,14). The number of aromatic amines is 1. The van der Waals surface area contributed by atoms with Crippen molar-refractivity contribution < 1.29 is 13.5 Å². The van der Waals surface area contributed by atoms with Crippen molar-refractivity contribution in [3.8, 4) is 0 Å². The average Bonchev–Trinajstić information content (AvgIpc) is 2.80. The van der Waals surface area contributed by atoms with E-state index in [1.165, 1.54) is 10.7 Å². The number of aliphatic hydroxyl groups is 1. The quantitative estimate of drug-likeness (QED) is 0.870. The fraction of sp³-hybridized carbons (Fsp3) is 0.750. The molecule has 1 aromatic heterocycles. The Morgan fingerprint density at radius 2 is 2.00 bits per heavy atom. The lowest BCUT2D eigenvalue weighted by Gasteiger charge is -2.29. The van der Waals surface area contributed by atoms with E-state index in [0.29, 0.717) is 11.3 Å². The van der Waals surface area contributed by atoms with Crippen molar-refractivity contribution in [3.63, 3.8) is 0 Å². The first-order valence-corrected chi connectivity index (χ1v) is 8.05. The summed E-state index contributed by atoms with van der Waals surface area (Å²) in [5, 5.41) is 15.8. The van der Waals surface area contributed by atoms with Gasteiger partial charge in [-0.15, -0.1) is 0 Å². The Bertz CT molecular complexity index is 532. The molecule has 0 aromatic carbocycles. The Kier molecular flexibility index (Phi) is 4.27. The normalized spacial score (nSPS) is 18.1. The maximum Gasteiger partial charge on any atom is 0.262 e. The smallest absolute Gasteiger partial charge is 0.262 e. The van der Waals surface area contributed by atoms with Gasteiger partial charge < -0.3 is 5.11 Å². The summed E-state index contributed by atoms with van der Waals surface area (Å²) in [6, 6.07) is 0.0438. The Labute approximate surface area is 113 Å². The first-order chi connectivity index (χ1) is 8.98. The second kappa shape index (κ2) is 5.60. The maximum absolute atomic E-state index is 12.6. The van der Waals surface area contributed by atoms with Gasteiger partial charge in [0.1, 0.15) is 0 Å². The molecular formula is C12H21N3O3S. The highest BCUT2D eigenvalue weighted by atomic mass is 32.2. The Morgan fingerprint density at radius 1 is 1.37 bits per heavy atom. The molecule has 1 saturated carbocycles. The molecule has 0 atom stereocenters. The van der Waals surface area contributed by atoms with E-state index in [-0.39, 0.29) is 17.7 Å². The molecule has 1 fully saturated rings. The topological polar surface area (TPSA) is 86.3 Å². The number of H-pyrrole nitrogens is 1. The molecule has 1 aliphatic carbocycles. The molecule has 0 amide bonds. The van der Waals surface area contributed by atoms with E-state index in [0.717, 1.165) is 25.7 Å². The Morgan fingerprint density at radius 3 is 2.58 bits per heavy atom. The van der Waals surface area contributed by atoms with Crippen LogP contribution in [0.15, 0.2) is 5.03 Å². The number of nitrogens with zero attached hydrogens (tertiary/aromatic N) is 2. The number of hydrogen-bond acceptors (Lipinski definition) is 4. The van der Waals surface area contributed by atoms with Crippen LogP contribution < -0.4 is 0 Å². The number of aromatic nitrogens is 2. The third kappa shape index (κ3) is 2.68. The minimum absolute atomic E-state index is 0.0411. The lowest BCUT2D eigenvalue weighted by atomic mass is 9.96. The van der Waals surface area contributed by atoms with Gasteiger partial charge in [0.25, 0.3) is 10.0 Å². The highest BCUT2D eigenvalue weighted by molar-refractivity contribution is 7.89. The average molecular weight is 287 g/mol. The molecule has 0 spiro atoms. The van der Waals surface area contributed by atoms with Crippen molar-refractivity contribution in [2.24, 2.45) is 0 Å². The Balaban J connectivity index is 2.30. The number of nitrogens with one attached hydrogen (secondary N) is 1. The van der Waals surface area contributed by atoms with Crippen LogP contribution in [0.3, 0.4) is 0 Å². The van der Waals surface area contributed by atoms with Gasteiger partial charge in [0.15, 0.2) is 5.03 Å². The molecule has 0 saturated heterocycles. The van der Waals surface area contributed by atoms with Crippen LogP contribution in [0.2, 0.25) is 0 Å². The first-order valence-electron chi connectivity index (χ1n) is 6.61. The number of sulfonamides is 1. The van der Waals surface area contributed by atoms with Crippen molar-refractivity contribution in [2.75, 3.05) is 7.05 Å². The minimum Gasteiger partial charge on any atom is -0.392 e. The van der Waals surface area contributed by atoms with E-state index in [1.807, 2.05) is 0 Å². The first kappa shape index (κ1) is 14.5. The molecule has 108 valence electrons. The third-order valence-corrected chi connectivity index (χ3v) is 5.79. The molecule has 2 rings (SSSR count). The van der Waals surface area contributed by atoms with Gasteiger partial charge in [0, 0.05) is 24.3 Å². The van der Waals surface area contributed by atoms with Gasteiger partial charge in [0.2, 0.25) is 0 Å². The largest absolute Gasteiger partial charge is 0.392 e. The summed E-state index contributed by atoms with van der Waals surface area (Å²) in [5.41, 5.74) is 0.959. The van der Waals surface area contributed by atoms with E-state index in [2.05, 4.69) is 10.2 Å². The third-order valence-electron chi connectivity index (χ3n) is 3.91. The lowest BCUT2D eigenvalue weighted by Crippen LogP contribution is -2.38. The molecule has 19 heavy (non-hydrogen) atoms. The van der Waals surface area contributed by atoms with Crippen LogP contribution in [0, 0.1) is 6.92 Å². The molecule has 0 radical (unpaired) electrons. The van der Waals surface area contributed by atoms with Crippen LogP contribution in [-0.4, -0.2) is 41.1 Å². The number of rotatable bonds is 4. The molecule has 2 N–H and O–H groups in total. The second-order valence-corrected chi connectivity index (χ2v) is 7.02. The highest BCUT2D eigenvalue weighted by Crippen LogP contribution is 2.27. The SMILES string of the molecule is Cc1[nH]nc(S(=O)(=O)N(C)C2CCCCC2)c1CO.